The summed E-state index contributed by atoms with van der Waals surface area (Å²) in [5.41, 5.74) is 4.89. The monoisotopic (exact) mass is 306 g/mol. The van der Waals surface area contributed by atoms with Crippen molar-refractivity contribution < 1.29 is 4.79 Å². The van der Waals surface area contributed by atoms with Crippen LogP contribution in [-0.4, -0.2) is 5.91 Å². The highest BCUT2D eigenvalue weighted by Gasteiger charge is 2.12. The number of hydrogen-bond donors (Lipinski definition) is 1. The van der Waals surface area contributed by atoms with E-state index in [-0.39, 0.29) is 5.91 Å². The predicted molar refractivity (Wildman–Crippen MR) is 93.4 cm³/mol. The number of benzene rings is 2. The van der Waals surface area contributed by atoms with Crippen molar-refractivity contribution in [1.82, 2.24) is 0 Å². The zero-order valence-electron chi connectivity index (χ0n) is 13.9. The summed E-state index contributed by atoms with van der Waals surface area (Å²) < 4.78 is 0. The molecule has 0 aliphatic carbocycles. The van der Waals surface area contributed by atoms with Gasteiger partial charge in [0.2, 0.25) is 5.91 Å². The Hall–Kier alpha value is -2.60. The first-order valence-corrected chi connectivity index (χ1v) is 7.89. The summed E-state index contributed by atoms with van der Waals surface area (Å²) >= 11 is 0. The zero-order valence-corrected chi connectivity index (χ0v) is 13.9. The summed E-state index contributed by atoms with van der Waals surface area (Å²) in [6.07, 6.45) is 1.10. The Morgan fingerprint density at radius 2 is 1.87 bits per heavy atom. The Balaban J connectivity index is 2.01. The van der Waals surface area contributed by atoms with E-state index in [1.807, 2.05) is 31.2 Å². The lowest BCUT2D eigenvalue weighted by Gasteiger charge is -2.16. The maximum atomic E-state index is 12.3. The number of carbonyl (C=O) groups excluding carboxylic acids is 1. The largest absolute Gasteiger partial charge is 0.326 e. The second kappa shape index (κ2) is 7.60. The standard InChI is InChI=1S/C20H22N2O/c1-14(2)18-6-4-5-15(3)20(18)22-19(23)12-11-16-7-9-17(13-21)10-8-16/h4-10,14H,11-12H2,1-3H3,(H,22,23). The third-order valence-electron chi connectivity index (χ3n) is 3.92. The lowest BCUT2D eigenvalue weighted by atomic mass is 9.98. The van der Waals surface area contributed by atoms with Gasteiger partial charge in [-0.25, -0.2) is 0 Å². The fourth-order valence-electron chi connectivity index (χ4n) is 2.55. The van der Waals surface area contributed by atoms with Gasteiger partial charge in [-0.2, -0.15) is 5.26 Å². The molecule has 0 radical (unpaired) electrons. The van der Waals surface area contributed by atoms with Crippen molar-refractivity contribution in [2.24, 2.45) is 0 Å². The molecule has 0 fully saturated rings. The van der Waals surface area contributed by atoms with E-state index in [0.29, 0.717) is 24.3 Å². The van der Waals surface area contributed by atoms with Crippen molar-refractivity contribution >= 4 is 11.6 Å². The van der Waals surface area contributed by atoms with Crippen LogP contribution in [0.15, 0.2) is 42.5 Å². The first-order valence-electron chi connectivity index (χ1n) is 7.89. The van der Waals surface area contributed by atoms with Gasteiger partial charge in [0.05, 0.1) is 11.6 Å². The minimum absolute atomic E-state index is 0.0190. The Morgan fingerprint density at radius 3 is 2.48 bits per heavy atom. The van der Waals surface area contributed by atoms with Crippen LogP contribution < -0.4 is 5.32 Å². The van der Waals surface area contributed by atoms with Crippen molar-refractivity contribution in [3.8, 4) is 6.07 Å². The maximum Gasteiger partial charge on any atom is 0.224 e. The lowest BCUT2D eigenvalue weighted by Crippen LogP contribution is -2.15. The van der Waals surface area contributed by atoms with Gasteiger partial charge in [-0.3, -0.25) is 4.79 Å². The molecule has 1 amide bonds. The molecule has 1 N–H and O–H groups in total. The van der Waals surface area contributed by atoms with Crippen LogP contribution in [0.4, 0.5) is 5.69 Å². The van der Waals surface area contributed by atoms with Gasteiger partial charge in [-0.15, -0.1) is 0 Å². The molecule has 118 valence electrons. The predicted octanol–water partition coefficient (Wildman–Crippen LogP) is 4.56. The first-order chi connectivity index (χ1) is 11.0. The Labute approximate surface area is 138 Å². The van der Waals surface area contributed by atoms with E-state index < -0.39 is 0 Å². The highest BCUT2D eigenvalue weighted by Crippen LogP contribution is 2.27. The molecule has 2 rings (SSSR count). The van der Waals surface area contributed by atoms with Gasteiger partial charge in [0.15, 0.2) is 0 Å². The fourth-order valence-corrected chi connectivity index (χ4v) is 2.55. The number of nitriles is 1. The number of carbonyl (C=O) groups is 1. The third-order valence-corrected chi connectivity index (χ3v) is 3.92. The van der Waals surface area contributed by atoms with Crippen LogP contribution in [-0.2, 0) is 11.2 Å². The van der Waals surface area contributed by atoms with E-state index in [2.05, 4.69) is 31.3 Å². The van der Waals surface area contributed by atoms with Crippen molar-refractivity contribution in [2.45, 2.75) is 39.5 Å². The van der Waals surface area contributed by atoms with E-state index in [4.69, 9.17) is 5.26 Å². The summed E-state index contributed by atoms with van der Waals surface area (Å²) in [6.45, 7) is 6.27. The van der Waals surface area contributed by atoms with Gasteiger partial charge in [0.1, 0.15) is 0 Å². The molecule has 0 saturated heterocycles. The second-order valence-electron chi connectivity index (χ2n) is 6.05. The Bertz CT molecular complexity index is 724. The summed E-state index contributed by atoms with van der Waals surface area (Å²) in [5.74, 6) is 0.384. The first kappa shape index (κ1) is 16.8. The molecular weight excluding hydrogens is 284 g/mol. The molecule has 2 aromatic rings. The van der Waals surface area contributed by atoms with E-state index in [9.17, 15) is 4.79 Å². The number of amides is 1. The summed E-state index contributed by atoms with van der Waals surface area (Å²) in [7, 11) is 0. The summed E-state index contributed by atoms with van der Waals surface area (Å²) in [6, 6.07) is 15.6. The summed E-state index contributed by atoms with van der Waals surface area (Å²) in [4.78, 5) is 12.3. The van der Waals surface area contributed by atoms with Crippen molar-refractivity contribution in [3.05, 3.63) is 64.7 Å². The SMILES string of the molecule is Cc1cccc(C(C)C)c1NC(=O)CCc1ccc(C#N)cc1. The van der Waals surface area contributed by atoms with E-state index in [1.54, 1.807) is 12.1 Å². The highest BCUT2D eigenvalue weighted by atomic mass is 16.1. The molecule has 0 aliphatic heterocycles. The van der Waals surface area contributed by atoms with E-state index in [0.717, 1.165) is 22.4 Å². The quantitative estimate of drug-likeness (QED) is 0.880. The molecular formula is C20H22N2O. The lowest BCUT2D eigenvalue weighted by molar-refractivity contribution is -0.116. The molecule has 0 bridgehead atoms. The molecule has 0 unspecified atom stereocenters. The molecule has 3 nitrogen and oxygen atoms in total. The van der Waals surface area contributed by atoms with Crippen LogP contribution in [0, 0.1) is 18.3 Å². The molecule has 0 saturated carbocycles. The number of anilines is 1. The number of nitrogens with one attached hydrogen (secondary N) is 1. The number of rotatable bonds is 5. The smallest absolute Gasteiger partial charge is 0.224 e. The molecule has 0 aromatic heterocycles. The van der Waals surface area contributed by atoms with Crippen LogP contribution >= 0.6 is 0 Å². The topological polar surface area (TPSA) is 52.9 Å². The second-order valence-corrected chi connectivity index (χ2v) is 6.05. The molecule has 3 heteroatoms. The van der Waals surface area contributed by atoms with Crippen LogP contribution in [0.3, 0.4) is 0 Å². The average molecular weight is 306 g/mol. The molecule has 2 aromatic carbocycles. The number of para-hydroxylation sites is 1. The van der Waals surface area contributed by atoms with Gasteiger partial charge >= 0.3 is 0 Å². The van der Waals surface area contributed by atoms with Gasteiger partial charge in [0, 0.05) is 12.1 Å². The zero-order chi connectivity index (χ0) is 16.8. The highest BCUT2D eigenvalue weighted by molar-refractivity contribution is 5.92. The molecule has 0 heterocycles. The van der Waals surface area contributed by atoms with Crippen LogP contribution in [0.25, 0.3) is 0 Å². The Morgan fingerprint density at radius 1 is 1.17 bits per heavy atom. The Kier molecular flexibility index (Phi) is 5.54. The number of nitrogens with zero attached hydrogens (tertiary/aromatic N) is 1. The van der Waals surface area contributed by atoms with Gasteiger partial charge in [0.25, 0.3) is 0 Å². The molecule has 0 aliphatic rings. The van der Waals surface area contributed by atoms with Crippen LogP contribution in [0.5, 0.6) is 0 Å². The minimum Gasteiger partial charge on any atom is -0.326 e. The van der Waals surface area contributed by atoms with Crippen molar-refractivity contribution in [3.63, 3.8) is 0 Å². The number of aryl methyl sites for hydroxylation is 2. The van der Waals surface area contributed by atoms with Gasteiger partial charge < -0.3 is 5.32 Å². The fraction of sp³-hybridized carbons (Fsp3) is 0.300. The number of hydrogen-bond acceptors (Lipinski definition) is 2. The summed E-state index contributed by atoms with van der Waals surface area (Å²) in [5, 5.41) is 11.9. The third kappa shape index (κ3) is 4.43. The van der Waals surface area contributed by atoms with Crippen LogP contribution in [0.1, 0.15) is 48.4 Å². The van der Waals surface area contributed by atoms with E-state index >= 15 is 0 Å². The molecule has 23 heavy (non-hydrogen) atoms. The van der Waals surface area contributed by atoms with Crippen LogP contribution in [0.2, 0.25) is 0 Å². The van der Waals surface area contributed by atoms with E-state index in [1.165, 1.54) is 0 Å². The van der Waals surface area contributed by atoms with Crippen molar-refractivity contribution in [1.29, 1.82) is 5.26 Å². The molecule has 0 atom stereocenters. The van der Waals surface area contributed by atoms with Gasteiger partial charge in [-0.05, 0) is 48.1 Å². The normalized spacial score (nSPS) is 10.4. The average Bonchev–Trinajstić information content (AvgIpc) is 2.55. The minimum atomic E-state index is 0.0190. The molecule has 0 spiro atoms. The maximum absolute atomic E-state index is 12.3. The van der Waals surface area contributed by atoms with Crippen molar-refractivity contribution in [2.75, 3.05) is 5.32 Å². The van der Waals surface area contributed by atoms with Gasteiger partial charge in [-0.1, -0.05) is 44.2 Å².